The van der Waals surface area contributed by atoms with Crippen LogP contribution in [-0.2, 0) is 27.9 Å². The maximum absolute atomic E-state index is 12.3. The summed E-state index contributed by atoms with van der Waals surface area (Å²) in [6.45, 7) is 0.890. The van der Waals surface area contributed by atoms with Crippen LogP contribution in [0.2, 0.25) is 0 Å². The number of amidine groups is 1. The van der Waals surface area contributed by atoms with Crippen LogP contribution < -0.4 is 10.5 Å². The van der Waals surface area contributed by atoms with Gasteiger partial charge in [-0.1, -0.05) is 42.5 Å². The van der Waals surface area contributed by atoms with Gasteiger partial charge < -0.3 is 10.6 Å². The maximum Gasteiger partial charge on any atom is 0.229 e. The molecule has 1 amide bonds. The van der Waals surface area contributed by atoms with Crippen molar-refractivity contribution in [1.82, 2.24) is 4.90 Å². The fraction of sp³-hybridized carbons (Fsp3) is 0.300. The molecule has 3 rings (SSSR count). The number of nitrogens with one attached hydrogen (secondary N) is 1. The first-order valence-corrected chi connectivity index (χ1v) is 10.9. The number of sulfonamides is 1. The molecule has 0 aliphatic carbocycles. The molecule has 28 heavy (non-hydrogen) atoms. The fourth-order valence-electron chi connectivity index (χ4n) is 3.20. The molecule has 3 N–H and O–H groups in total. The predicted molar refractivity (Wildman–Crippen MR) is 110 cm³/mol. The van der Waals surface area contributed by atoms with E-state index in [2.05, 4.69) is 9.71 Å². The Kier molecular flexibility index (Phi) is 5.99. The Morgan fingerprint density at radius 2 is 1.82 bits per heavy atom. The maximum atomic E-state index is 12.3. The van der Waals surface area contributed by atoms with Crippen LogP contribution in [0.5, 0.6) is 0 Å². The van der Waals surface area contributed by atoms with Crippen LogP contribution in [0, 0.1) is 0 Å². The van der Waals surface area contributed by atoms with Gasteiger partial charge in [0.1, 0.15) is 5.84 Å². The van der Waals surface area contributed by atoms with Crippen molar-refractivity contribution >= 4 is 27.5 Å². The van der Waals surface area contributed by atoms with Crippen molar-refractivity contribution in [2.45, 2.75) is 32.0 Å². The number of benzene rings is 2. The lowest BCUT2D eigenvalue weighted by Gasteiger charge is -2.24. The van der Waals surface area contributed by atoms with Gasteiger partial charge in [0.2, 0.25) is 15.9 Å². The summed E-state index contributed by atoms with van der Waals surface area (Å²) < 4.78 is 24.9. The normalized spacial score (nSPS) is 17.8. The van der Waals surface area contributed by atoms with Crippen LogP contribution in [0.4, 0.5) is 5.69 Å². The molecule has 8 heteroatoms. The Labute approximate surface area is 165 Å². The number of carbonyl (C=O) groups excluding carboxylic acids is 1. The number of aliphatic imine (C=N–C) groups is 1. The third-order valence-corrected chi connectivity index (χ3v) is 5.17. The van der Waals surface area contributed by atoms with Gasteiger partial charge in [-0.05, 0) is 29.7 Å². The monoisotopic (exact) mass is 400 g/mol. The third-order valence-electron chi connectivity index (χ3n) is 4.57. The zero-order valence-corrected chi connectivity index (χ0v) is 16.5. The highest BCUT2D eigenvalue weighted by molar-refractivity contribution is 7.92. The highest BCUT2D eigenvalue weighted by Gasteiger charge is 2.33. The molecule has 1 saturated heterocycles. The van der Waals surface area contributed by atoms with Crippen LogP contribution in [-0.4, -0.2) is 37.4 Å². The van der Waals surface area contributed by atoms with Crippen LogP contribution in [0.15, 0.2) is 59.6 Å². The fourth-order valence-corrected chi connectivity index (χ4v) is 3.76. The molecule has 1 aliphatic heterocycles. The van der Waals surface area contributed by atoms with Crippen LogP contribution in [0.3, 0.4) is 0 Å². The average Bonchev–Trinajstić information content (AvgIpc) is 3.01. The summed E-state index contributed by atoms with van der Waals surface area (Å²) >= 11 is 0. The largest absolute Gasteiger partial charge is 0.386 e. The Hall–Kier alpha value is -2.87. The summed E-state index contributed by atoms with van der Waals surface area (Å²) in [6, 6.07) is 16.6. The molecule has 2 aromatic carbocycles. The van der Waals surface area contributed by atoms with Crippen molar-refractivity contribution in [3.05, 3.63) is 65.7 Å². The topological polar surface area (TPSA) is 105 Å². The van der Waals surface area contributed by atoms with E-state index in [0.29, 0.717) is 37.5 Å². The molecule has 0 saturated carbocycles. The minimum absolute atomic E-state index is 0.0863. The Balaban J connectivity index is 1.65. The highest BCUT2D eigenvalue weighted by atomic mass is 32.2. The average molecular weight is 401 g/mol. The number of carbonyl (C=O) groups is 1. The van der Waals surface area contributed by atoms with Gasteiger partial charge in [-0.3, -0.25) is 14.5 Å². The van der Waals surface area contributed by atoms with E-state index in [4.69, 9.17) is 5.73 Å². The zero-order chi connectivity index (χ0) is 20.1. The van der Waals surface area contributed by atoms with Gasteiger partial charge in [0, 0.05) is 18.7 Å². The van der Waals surface area contributed by atoms with Gasteiger partial charge in [0.15, 0.2) is 0 Å². The number of hydrogen-bond donors (Lipinski definition) is 2. The van der Waals surface area contributed by atoms with E-state index in [9.17, 15) is 13.2 Å². The van der Waals surface area contributed by atoms with Gasteiger partial charge in [0.25, 0.3) is 0 Å². The van der Waals surface area contributed by atoms with Crippen molar-refractivity contribution < 1.29 is 13.2 Å². The number of hydrogen-bond acceptors (Lipinski definition) is 4. The Morgan fingerprint density at radius 3 is 2.46 bits per heavy atom. The van der Waals surface area contributed by atoms with Gasteiger partial charge in [-0.2, -0.15) is 0 Å². The second-order valence-electron chi connectivity index (χ2n) is 6.87. The lowest BCUT2D eigenvalue weighted by atomic mass is 10.1. The summed E-state index contributed by atoms with van der Waals surface area (Å²) in [6.07, 6.45) is 2.24. The Morgan fingerprint density at radius 1 is 1.14 bits per heavy atom. The van der Waals surface area contributed by atoms with Crippen LogP contribution >= 0.6 is 0 Å². The molecule has 1 aliphatic rings. The molecule has 0 radical (unpaired) electrons. The van der Waals surface area contributed by atoms with E-state index in [-0.39, 0.29) is 11.9 Å². The molecule has 0 aromatic heterocycles. The molecule has 1 heterocycles. The van der Waals surface area contributed by atoms with Gasteiger partial charge in [-0.25, -0.2) is 8.42 Å². The third kappa shape index (κ3) is 5.32. The van der Waals surface area contributed by atoms with Crippen molar-refractivity contribution in [1.29, 1.82) is 0 Å². The molecule has 1 fully saturated rings. The number of likely N-dealkylation sites (tertiary alicyclic amines) is 1. The number of rotatable bonds is 7. The first-order chi connectivity index (χ1) is 13.3. The SMILES string of the molecule is CS(=O)(=O)Nc1ccc(CN=C(N)[C@@H]2CCC(=O)N2Cc2ccccc2)cc1. The minimum Gasteiger partial charge on any atom is -0.386 e. The van der Waals surface area contributed by atoms with Crippen LogP contribution in [0.1, 0.15) is 24.0 Å². The predicted octanol–water partition coefficient (Wildman–Crippen LogP) is 2.11. The molecule has 0 unspecified atom stereocenters. The molecule has 1 atom stereocenters. The van der Waals surface area contributed by atoms with Gasteiger partial charge >= 0.3 is 0 Å². The molecule has 2 aromatic rings. The van der Waals surface area contributed by atoms with Crippen LogP contribution in [0.25, 0.3) is 0 Å². The van der Waals surface area contributed by atoms with Crippen molar-refractivity contribution in [3.63, 3.8) is 0 Å². The van der Waals surface area contributed by atoms with E-state index in [1.165, 1.54) is 0 Å². The standard InChI is InChI=1S/C20H24N4O3S/c1-28(26,27)23-17-9-7-15(8-10-17)13-22-20(21)18-11-12-19(25)24(18)14-16-5-3-2-4-6-16/h2-10,18,23H,11-14H2,1H3,(H2,21,22)/t18-/m0/s1. The summed E-state index contributed by atoms with van der Waals surface area (Å²) in [7, 11) is -3.30. The first-order valence-electron chi connectivity index (χ1n) is 9.02. The molecule has 0 spiro atoms. The van der Waals surface area contributed by atoms with E-state index in [1.54, 1.807) is 29.2 Å². The van der Waals surface area contributed by atoms with Crippen molar-refractivity contribution in [2.24, 2.45) is 10.7 Å². The van der Waals surface area contributed by atoms with E-state index < -0.39 is 10.0 Å². The summed E-state index contributed by atoms with van der Waals surface area (Å²) in [4.78, 5) is 18.5. The zero-order valence-electron chi connectivity index (χ0n) is 15.7. The molecular weight excluding hydrogens is 376 g/mol. The quantitative estimate of drug-likeness (QED) is 0.548. The summed E-state index contributed by atoms with van der Waals surface area (Å²) in [5, 5.41) is 0. The smallest absolute Gasteiger partial charge is 0.229 e. The highest BCUT2D eigenvalue weighted by Crippen LogP contribution is 2.22. The minimum atomic E-state index is -3.30. The van der Waals surface area contributed by atoms with Crippen molar-refractivity contribution in [2.75, 3.05) is 11.0 Å². The second-order valence-corrected chi connectivity index (χ2v) is 8.62. The molecule has 148 valence electrons. The number of nitrogens with zero attached hydrogens (tertiary/aromatic N) is 2. The molecule has 7 nitrogen and oxygen atoms in total. The number of amides is 1. The Bertz CT molecular complexity index is 957. The molecule has 0 bridgehead atoms. The lowest BCUT2D eigenvalue weighted by Crippen LogP contribution is -2.42. The van der Waals surface area contributed by atoms with Gasteiger partial charge in [0.05, 0.1) is 18.8 Å². The van der Waals surface area contributed by atoms with E-state index >= 15 is 0 Å². The second kappa shape index (κ2) is 8.43. The summed E-state index contributed by atoms with van der Waals surface area (Å²) in [5.41, 5.74) is 8.67. The summed E-state index contributed by atoms with van der Waals surface area (Å²) in [5.74, 6) is 0.531. The first kappa shape index (κ1) is 19.9. The van der Waals surface area contributed by atoms with Gasteiger partial charge in [-0.15, -0.1) is 0 Å². The van der Waals surface area contributed by atoms with E-state index in [0.717, 1.165) is 17.4 Å². The number of nitrogens with two attached hydrogens (primary N) is 1. The van der Waals surface area contributed by atoms with E-state index in [1.807, 2.05) is 30.3 Å². The van der Waals surface area contributed by atoms with Crippen molar-refractivity contribution in [3.8, 4) is 0 Å². The lowest BCUT2D eigenvalue weighted by molar-refractivity contribution is -0.128. The number of anilines is 1. The molecular formula is C20H24N4O3S.